The Balaban J connectivity index is 0.000000181. The molecule has 4 aliphatic heterocycles. The van der Waals surface area contributed by atoms with Gasteiger partial charge in [0.2, 0.25) is 31.9 Å². The molecule has 17 nitrogen and oxygen atoms in total. The second-order valence-corrected chi connectivity index (χ2v) is 29.7. The van der Waals surface area contributed by atoms with Crippen LogP contribution in [-0.4, -0.2) is 193 Å². The molecule has 2 aliphatic carbocycles. The van der Waals surface area contributed by atoms with Gasteiger partial charge in [0.15, 0.2) is 0 Å². The molecule has 3 amide bonds. The zero-order valence-electron chi connectivity index (χ0n) is 53.8. The third-order valence-electron chi connectivity index (χ3n) is 18.6. The molecule has 4 N–H and O–H groups in total. The molecule has 92 heavy (non-hydrogen) atoms. The Bertz CT molecular complexity index is 3860. The van der Waals surface area contributed by atoms with Crippen molar-refractivity contribution in [1.82, 2.24) is 23.7 Å². The lowest BCUT2D eigenvalue weighted by Gasteiger charge is -2.37. The number of amides is 3. The second kappa shape index (κ2) is 30.3. The van der Waals surface area contributed by atoms with Gasteiger partial charge in [-0.1, -0.05) is 99.2 Å². The van der Waals surface area contributed by atoms with Crippen LogP contribution < -0.4 is 9.86 Å². The first-order chi connectivity index (χ1) is 43.6. The molecule has 0 bridgehead atoms. The lowest BCUT2D eigenvalue weighted by Crippen LogP contribution is -2.55. The van der Waals surface area contributed by atoms with E-state index in [0.29, 0.717) is 69.5 Å². The van der Waals surface area contributed by atoms with Crippen LogP contribution in [0.1, 0.15) is 147 Å². The summed E-state index contributed by atoms with van der Waals surface area (Å²) in [6.45, 7) is 11.5. The van der Waals surface area contributed by atoms with Crippen molar-refractivity contribution < 1.29 is 50.6 Å². The first-order valence-electron chi connectivity index (χ1n) is 32.3. The van der Waals surface area contributed by atoms with Crippen molar-refractivity contribution in [3.05, 3.63) is 118 Å². The van der Waals surface area contributed by atoms with Gasteiger partial charge in [-0.05, 0) is 125 Å². The third-order valence-corrected chi connectivity index (χ3v) is 19.1. The van der Waals surface area contributed by atoms with Crippen LogP contribution in [-0.2, 0) is 65.0 Å². The summed E-state index contributed by atoms with van der Waals surface area (Å²) < 4.78 is 60.9. The predicted octanol–water partition coefficient (Wildman–Crippen LogP) is 6.19. The number of sulfonamides is 2. The van der Waals surface area contributed by atoms with Gasteiger partial charge in [0.05, 0.1) is 65.7 Å². The maximum atomic E-state index is 14.1. The summed E-state index contributed by atoms with van der Waals surface area (Å²) in [4.78, 5) is 56.9. The number of rotatable bonds is 10. The molecule has 6 aliphatic rings. The number of ether oxygens (including phenoxy) is 2. The lowest BCUT2D eigenvalue weighted by atomic mass is 8.64. The quantitative estimate of drug-likeness (QED) is 0.131. The number of carboxylic acids is 1. The number of carboxylic acid groups (broad SMARTS) is 1. The number of fused-ring (bicyclic) bond motifs is 10. The number of aromatic nitrogens is 2. The summed E-state index contributed by atoms with van der Waals surface area (Å²) in [7, 11) is 20.6. The average molecular weight is 1270 g/mol. The number of morpholine rings is 2. The van der Waals surface area contributed by atoms with E-state index in [4.69, 9.17) is 48.2 Å². The number of primary sulfonamides is 1. The Labute approximate surface area is 552 Å². The standard InChI is InChI=1S/C32H39N3O5S.C31H36N2O4.CH5NO2S.B9/c1-20-17-34(18-21(2)40-20)32(37)25-15-23-11-7-8-12-26(23)30-29(22-9-5-4-6-10-22)27-14-13-24(16-28(27)35(30)19-25)31(36)33-41(3,38)39;1-19-16-32(17-20(2)37-19)30(34)24-14-22-10-6-7-11-25(22)29-28(21-8-4-3-5-9-21)26-13-12-23(31(35)36)15-27(26)33(29)18-24;1-5(2,3)4;1-6-9(7(2)3)8(4)5/h7-8,11-14,16,20-22,25H,4-6,9-10,15,17-19H2,1-3H3,(H,33,36);6-7,10-13,15,19-21,24H,3-5,8-9,14,16-18H2,1-2H3,(H,35,36);1H3,(H2,2,3,4);/t20-,21+,25?;19-,20+,24?;;. The number of benzene rings is 4. The molecule has 2 unspecified atom stereocenters. The largest absolute Gasteiger partial charge is 0.478 e. The molecule has 6 heterocycles. The zero-order chi connectivity index (χ0) is 66.5. The van der Waals surface area contributed by atoms with Gasteiger partial charge in [-0.15, -0.1) is 0 Å². The van der Waals surface area contributed by atoms with Gasteiger partial charge in [0, 0.05) is 143 Å². The maximum absolute atomic E-state index is 14.1. The maximum Gasteiger partial charge on any atom is 0.335 e. The third kappa shape index (κ3) is 17.0. The van der Waals surface area contributed by atoms with Crippen LogP contribution in [0.3, 0.4) is 0 Å². The molecule has 6 aromatic rings. The fraction of sp³-hybridized carbons (Fsp3) is 0.500. The number of carbonyl (C=O) groups is 4. The molecule has 4 fully saturated rings. The van der Waals surface area contributed by atoms with E-state index in [1.807, 2.05) is 61.8 Å². The second-order valence-electron chi connectivity index (χ2n) is 26.3. The van der Waals surface area contributed by atoms with Crippen molar-refractivity contribution in [2.75, 3.05) is 38.7 Å². The van der Waals surface area contributed by atoms with E-state index >= 15 is 0 Å². The van der Waals surface area contributed by atoms with Crippen molar-refractivity contribution in [2.24, 2.45) is 17.0 Å². The Morgan fingerprint density at radius 3 is 1.29 bits per heavy atom. The molecule has 11 radical (unpaired) electrons. The number of nitrogens with two attached hydrogens (primary N) is 1. The molecule has 471 valence electrons. The first-order valence-corrected chi connectivity index (χ1v) is 36.1. The summed E-state index contributed by atoms with van der Waals surface area (Å²) >= 11 is 0. The van der Waals surface area contributed by atoms with Crippen LogP contribution in [0.25, 0.3) is 44.3 Å². The van der Waals surface area contributed by atoms with Crippen LogP contribution in [0.5, 0.6) is 0 Å². The van der Waals surface area contributed by atoms with Gasteiger partial charge in [-0.25, -0.2) is 31.5 Å². The highest BCUT2D eigenvalue weighted by atomic mass is 32.2. The molecule has 2 saturated heterocycles. The SMILES string of the molecule is CS(N)(=O)=O.C[C@@H]1CN(C(=O)C2Cc3ccccc3-c3c(C4CCCCC4)c4ccc(C(=O)NS(C)(=O)=O)cc4n3C2)C[C@H](C)O1.C[C@@H]1CN(C(=O)C2Cc3ccccc3-c3c(C4CCCCC4)c4ccc(C(=O)O)cc4n3C2)C[C@H](C)O1.[B][B]B(B([B])[B])B([B])[B]. The van der Waals surface area contributed by atoms with Gasteiger partial charge in [-0.2, -0.15) is 0 Å². The van der Waals surface area contributed by atoms with Crippen LogP contribution >= 0.6 is 0 Å². The first kappa shape index (κ1) is 70.5. The summed E-state index contributed by atoms with van der Waals surface area (Å²) in [5, 5.41) is 16.3. The number of carbonyl (C=O) groups excluding carboxylic acids is 3. The van der Waals surface area contributed by atoms with Crippen molar-refractivity contribution in [1.29, 1.82) is 0 Å². The number of hydrogen-bond acceptors (Lipinski definition) is 10. The van der Waals surface area contributed by atoms with E-state index in [0.717, 1.165) is 76.8 Å². The average Bonchev–Trinajstić information content (AvgIpc) is 1.58. The summed E-state index contributed by atoms with van der Waals surface area (Å²) in [5.41, 5.74) is 12.1. The van der Waals surface area contributed by atoms with Gasteiger partial charge in [0.25, 0.3) is 5.91 Å². The topological polar surface area (TPSA) is 230 Å². The summed E-state index contributed by atoms with van der Waals surface area (Å²) in [6, 6.07) is 28.0. The van der Waals surface area contributed by atoms with Crippen molar-refractivity contribution in [2.45, 2.75) is 154 Å². The fourth-order valence-electron chi connectivity index (χ4n) is 14.9. The number of hydrogen-bond donors (Lipinski definition) is 3. The van der Waals surface area contributed by atoms with Gasteiger partial charge in [0.1, 0.15) is 0 Å². The van der Waals surface area contributed by atoms with Crippen molar-refractivity contribution >= 4 is 130 Å². The summed E-state index contributed by atoms with van der Waals surface area (Å²) in [5.74, 6) is -0.941. The molecule has 0 spiro atoms. The monoisotopic (exact) mass is 1270 g/mol. The minimum atomic E-state index is -3.71. The Hall–Kier alpha value is -5.80. The molecule has 4 aromatic carbocycles. The number of aromatic carboxylic acids is 1. The van der Waals surface area contributed by atoms with Gasteiger partial charge in [-0.3, -0.25) is 14.4 Å². The Morgan fingerprint density at radius 1 is 0.576 bits per heavy atom. The van der Waals surface area contributed by atoms with E-state index in [2.05, 4.69) is 61.5 Å². The highest BCUT2D eigenvalue weighted by Crippen LogP contribution is 2.49. The van der Waals surface area contributed by atoms with Gasteiger partial charge < -0.3 is 33.5 Å². The van der Waals surface area contributed by atoms with Crippen LogP contribution in [0.4, 0.5) is 0 Å². The van der Waals surface area contributed by atoms with Crippen molar-refractivity contribution in [3.63, 3.8) is 0 Å². The molecule has 28 heteroatoms. The Kier molecular flexibility index (Phi) is 23.2. The molecule has 12 rings (SSSR count). The highest BCUT2D eigenvalue weighted by molar-refractivity contribution is 7.93. The zero-order valence-corrected chi connectivity index (χ0v) is 55.5. The van der Waals surface area contributed by atoms with E-state index in [1.165, 1.54) is 73.5 Å². The molecule has 2 aromatic heterocycles. The molecular formula is C64H80B9N6O11S2. The molecule has 6 atom stereocenters. The van der Waals surface area contributed by atoms with Crippen LogP contribution in [0.2, 0.25) is 0 Å². The van der Waals surface area contributed by atoms with E-state index in [-0.39, 0.29) is 60.0 Å². The van der Waals surface area contributed by atoms with E-state index in [1.54, 1.807) is 18.2 Å². The van der Waals surface area contributed by atoms with Crippen LogP contribution in [0.15, 0.2) is 84.9 Å². The van der Waals surface area contributed by atoms with E-state index < -0.39 is 44.7 Å². The van der Waals surface area contributed by atoms with E-state index in [9.17, 15) is 41.1 Å². The summed E-state index contributed by atoms with van der Waals surface area (Å²) in [6.07, 6.45) is 13.6. The normalized spacial score (nSPS) is 21.7. The Morgan fingerprint density at radius 2 is 0.946 bits per heavy atom. The minimum Gasteiger partial charge on any atom is -0.478 e. The lowest BCUT2D eigenvalue weighted by molar-refractivity contribution is -0.148. The number of nitrogens with zero attached hydrogens (tertiary/aromatic N) is 4. The molecule has 2 saturated carbocycles. The smallest absolute Gasteiger partial charge is 0.335 e. The van der Waals surface area contributed by atoms with Gasteiger partial charge >= 0.3 is 5.97 Å². The predicted molar refractivity (Wildman–Crippen MR) is 374 cm³/mol. The van der Waals surface area contributed by atoms with Crippen LogP contribution in [0, 0.1) is 11.8 Å². The molecular weight excluding hydrogens is 1190 g/mol. The number of nitrogens with one attached hydrogen (secondary N) is 1. The highest BCUT2D eigenvalue weighted by Gasteiger charge is 2.39. The minimum absolute atomic E-state index is 0.0162. The van der Waals surface area contributed by atoms with Crippen molar-refractivity contribution in [3.8, 4) is 22.5 Å². The fourth-order valence-corrected chi connectivity index (χ4v) is 15.3.